The van der Waals surface area contributed by atoms with Crippen molar-refractivity contribution in [3.8, 4) is 5.75 Å². The first kappa shape index (κ1) is 12.1. The zero-order chi connectivity index (χ0) is 12.3. The minimum absolute atomic E-state index is 0.186. The molecule has 2 nitrogen and oxygen atoms in total. The van der Waals surface area contributed by atoms with E-state index >= 15 is 0 Å². The SMILES string of the molecule is COc1ccc(C(N)Cc2cccs2)cc1F. The molecule has 90 valence electrons. The van der Waals surface area contributed by atoms with E-state index in [1.54, 1.807) is 23.5 Å². The van der Waals surface area contributed by atoms with Crippen LogP contribution in [-0.2, 0) is 6.42 Å². The standard InChI is InChI=1S/C13H14FNOS/c1-16-13-5-4-9(7-11(13)14)12(15)8-10-3-2-6-17-10/h2-7,12H,8,15H2,1H3. The van der Waals surface area contributed by atoms with Crippen LogP contribution >= 0.6 is 11.3 Å². The Balaban J connectivity index is 2.14. The molecule has 0 radical (unpaired) electrons. The third kappa shape index (κ3) is 2.84. The highest BCUT2D eigenvalue weighted by molar-refractivity contribution is 7.09. The van der Waals surface area contributed by atoms with Gasteiger partial charge >= 0.3 is 0 Å². The molecule has 2 rings (SSSR count). The molecule has 17 heavy (non-hydrogen) atoms. The maximum atomic E-state index is 13.5. The number of hydrogen-bond donors (Lipinski definition) is 1. The lowest BCUT2D eigenvalue weighted by Crippen LogP contribution is -2.13. The molecule has 0 aliphatic carbocycles. The van der Waals surface area contributed by atoms with Crippen molar-refractivity contribution in [1.29, 1.82) is 0 Å². The number of methoxy groups -OCH3 is 1. The summed E-state index contributed by atoms with van der Waals surface area (Å²) in [5.41, 5.74) is 6.83. The largest absolute Gasteiger partial charge is 0.494 e. The third-order valence-electron chi connectivity index (χ3n) is 2.61. The topological polar surface area (TPSA) is 35.2 Å². The Bertz CT molecular complexity index is 484. The molecule has 2 aromatic rings. The van der Waals surface area contributed by atoms with Gasteiger partial charge in [-0.3, -0.25) is 0 Å². The van der Waals surface area contributed by atoms with Gasteiger partial charge in [-0.05, 0) is 29.1 Å². The van der Waals surface area contributed by atoms with Gasteiger partial charge in [0, 0.05) is 17.3 Å². The van der Waals surface area contributed by atoms with Crippen LogP contribution in [0.25, 0.3) is 0 Å². The molecule has 0 spiro atoms. The maximum absolute atomic E-state index is 13.5. The lowest BCUT2D eigenvalue weighted by Gasteiger charge is -2.12. The molecule has 0 aliphatic heterocycles. The van der Waals surface area contributed by atoms with Crippen LogP contribution in [0.4, 0.5) is 4.39 Å². The predicted octanol–water partition coefficient (Wildman–Crippen LogP) is 3.14. The van der Waals surface area contributed by atoms with Gasteiger partial charge in [-0.2, -0.15) is 0 Å². The van der Waals surface area contributed by atoms with Gasteiger partial charge < -0.3 is 10.5 Å². The van der Waals surface area contributed by atoms with E-state index in [-0.39, 0.29) is 17.6 Å². The molecule has 0 bridgehead atoms. The zero-order valence-electron chi connectivity index (χ0n) is 9.52. The van der Waals surface area contributed by atoms with E-state index in [0.29, 0.717) is 0 Å². The van der Waals surface area contributed by atoms with Crippen LogP contribution in [0.5, 0.6) is 5.75 Å². The van der Waals surface area contributed by atoms with Gasteiger partial charge in [0.05, 0.1) is 7.11 Å². The van der Waals surface area contributed by atoms with Gasteiger partial charge in [-0.15, -0.1) is 11.3 Å². The Morgan fingerprint density at radius 1 is 1.41 bits per heavy atom. The van der Waals surface area contributed by atoms with E-state index in [4.69, 9.17) is 10.5 Å². The highest BCUT2D eigenvalue weighted by Gasteiger charge is 2.11. The van der Waals surface area contributed by atoms with Gasteiger partial charge in [0.2, 0.25) is 0 Å². The Hall–Kier alpha value is -1.39. The summed E-state index contributed by atoms with van der Waals surface area (Å²) in [6, 6.07) is 8.69. The maximum Gasteiger partial charge on any atom is 0.165 e. The normalized spacial score (nSPS) is 12.4. The number of benzene rings is 1. The van der Waals surface area contributed by atoms with E-state index in [1.165, 1.54) is 18.1 Å². The molecular weight excluding hydrogens is 237 g/mol. The van der Waals surface area contributed by atoms with Gasteiger partial charge in [0.15, 0.2) is 11.6 Å². The lowest BCUT2D eigenvalue weighted by molar-refractivity contribution is 0.386. The van der Waals surface area contributed by atoms with Crippen LogP contribution in [0.1, 0.15) is 16.5 Å². The fourth-order valence-corrected chi connectivity index (χ4v) is 2.44. The summed E-state index contributed by atoms with van der Waals surface area (Å²) in [5.74, 6) is -0.122. The lowest BCUT2D eigenvalue weighted by atomic mass is 10.0. The van der Waals surface area contributed by atoms with E-state index in [2.05, 4.69) is 0 Å². The van der Waals surface area contributed by atoms with Crippen LogP contribution < -0.4 is 10.5 Å². The fraction of sp³-hybridized carbons (Fsp3) is 0.231. The van der Waals surface area contributed by atoms with Crippen molar-refractivity contribution in [3.63, 3.8) is 0 Å². The first-order valence-electron chi connectivity index (χ1n) is 5.32. The van der Waals surface area contributed by atoms with Gasteiger partial charge in [0.25, 0.3) is 0 Å². The second-order valence-electron chi connectivity index (χ2n) is 3.78. The van der Waals surface area contributed by atoms with Crippen molar-refractivity contribution in [2.75, 3.05) is 7.11 Å². The summed E-state index contributed by atoms with van der Waals surface area (Å²) in [5, 5.41) is 2.01. The molecule has 2 N–H and O–H groups in total. The van der Waals surface area contributed by atoms with Crippen molar-refractivity contribution in [2.24, 2.45) is 5.73 Å². The Kier molecular flexibility index (Phi) is 3.76. The Morgan fingerprint density at radius 3 is 2.82 bits per heavy atom. The third-order valence-corrected chi connectivity index (χ3v) is 3.50. The first-order chi connectivity index (χ1) is 8.20. The van der Waals surface area contributed by atoms with Crippen molar-refractivity contribution >= 4 is 11.3 Å². The highest BCUT2D eigenvalue weighted by atomic mass is 32.1. The molecule has 1 atom stereocenters. The van der Waals surface area contributed by atoms with Crippen LogP contribution in [-0.4, -0.2) is 7.11 Å². The average Bonchev–Trinajstić information content (AvgIpc) is 2.81. The number of halogens is 1. The minimum Gasteiger partial charge on any atom is -0.494 e. The van der Waals surface area contributed by atoms with Crippen molar-refractivity contribution in [1.82, 2.24) is 0 Å². The van der Waals surface area contributed by atoms with Gasteiger partial charge in [-0.1, -0.05) is 12.1 Å². The van der Waals surface area contributed by atoms with Crippen LogP contribution in [0.2, 0.25) is 0 Å². The van der Waals surface area contributed by atoms with Gasteiger partial charge in [0.1, 0.15) is 0 Å². The number of ether oxygens (including phenoxy) is 1. The Morgan fingerprint density at radius 2 is 2.24 bits per heavy atom. The first-order valence-corrected chi connectivity index (χ1v) is 6.20. The molecule has 1 unspecified atom stereocenters. The number of rotatable bonds is 4. The minimum atomic E-state index is -0.369. The zero-order valence-corrected chi connectivity index (χ0v) is 10.3. The van der Waals surface area contributed by atoms with E-state index in [9.17, 15) is 4.39 Å². The quantitative estimate of drug-likeness (QED) is 0.906. The molecule has 4 heteroatoms. The molecule has 1 aromatic heterocycles. The van der Waals surface area contributed by atoms with Crippen LogP contribution in [0.15, 0.2) is 35.7 Å². The van der Waals surface area contributed by atoms with Crippen LogP contribution in [0, 0.1) is 5.82 Å². The summed E-state index contributed by atoms with van der Waals surface area (Å²) in [4.78, 5) is 1.20. The molecule has 0 aliphatic rings. The smallest absolute Gasteiger partial charge is 0.165 e. The second-order valence-corrected chi connectivity index (χ2v) is 4.82. The second kappa shape index (κ2) is 5.29. The van der Waals surface area contributed by atoms with Crippen LogP contribution in [0.3, 0.4) is 0 Å². The molecule has 0 saturated heterocycles. The Labute approximate surface area is 104 Å². The van der Waals surface area contributed by atoms with Crippen molar-refractivity contribution in [3.05, 3.63) is 52.0 Å². The summed E-state index contributed by atoms with van der Waals surface area (Å²) in [6.45, 7) is 0. The molecule has 0 amide bonds. The van der Waals surface area contributed by atoms with Gasteiger partial charge in [-0.25, -0.2) is 4.39 Å². The molecular formula is C13H14FNOS. The monoisotopic (exact) mass is 251 g/mol. The summed E-state index contributed by atoms with van der Waals surface area (Å²) >= 11 is 1.66. The van der Waals surface area contributed by atoms with E-state index in [0.717, 1.165) is 12.0 Å². The highest BCUT2D eigenvalue weighted by Crippen LogP contribution is 2.24. The number of nitrogens with two attached hydrogens (primary N) is 1. The number of thiophene rings is 1. The van der Waals surface area contributed by atoms with E-state index in [1.807, 2.05) is 17.5 Å². The van der Waals surface area contributed by atoms with Crippen molar-refractivity contribution < 1.29 is 9.13 Å². The van der Waals surface area contributed by atoms with Crippen molar-refractivity contribution in [2.45, 2.75) is 12.5 Å². The summed E-state index contributed by atoms with van der Waals surface area (Å²) < 4.78 is 18.4. The predicted molar refractivity (Wildman–Crippen MR) is 67.9 cm³/mol. The van der Waals surface area contributed by atoms with E-state index < -0.39 is 0 Å². The molecule has 0 saturated carbocycles. The summed E-state index contributed by atoms with van der Waals surface area (Å²) in [6.07, 6.45) is 0.726. The molecule has 0 fully saturated rings. The summed E-state index contributed by atoms with van der Waals surface area (Å²) in [7, 11) is 1.45. The fourth-order valence-electron chi connectivity index (χ4n) is 1.68. The molecule has 1 heterocycles. The average molecular weight is 251 g/mol. The molecule has 1 aromatic carbocycles. The number of hydrogen-bond acceptors (Lipinski definition) is 3.